The summed E-state index contributed by atoms with van der Waals surface area (Å²) in [5.74, 6) is 0.212. The van der Waals surface area contributed by atoms with Crippen LogP contribution in [0.3, 0.4) is 0 Å². The van der Waals surface area contributed by atoms with Gasteiger partial charge in [0.25, 0.3) is 5.91 Å². The highest BCUT2D eigenvalue weighted by Crippen LogP contribution is 2.06. The maximum absolute atomic E-state index is 11.8. The lowest BCUT2D eigenvalue weighted by molar-refractivity contribution is 0.0940. The maximum Gasteiger partial charge on any atom is 0.254 e. The number of amides is 1. The van der Waals surface area contributed by atoms with E-state index in [0.717, 1.165) is 5.56 Å². The van der Waals surface area contributed by atoms with E-state index in [1.165, 1.54) is 12.5 Å². The van der Waals surface area contributed by atoms with Crippen LogP contribution < -0.4 is 5.32 Å². The number of hydrogen-bond acceptors (Lipinski definition) is 2. The molecule has 0 saturated heterocycles. The van der Waals surface area contributed by atoms with Gasteiger partial charge in [-0.15, -0.1) is 11.6 Å². The predicted octanol–water partition coefficient (Wildman–Crippen LogP) is 2.86. The Hall–Kier alpha value is -1.74. The summed E-state index contributed by atoms with van der Waals surface area (Å²) in [7, 11) is 0. The Morgan fingerprint density at radius 1 is 1.28 bits per heavy atom. The maximum atomic E-state index is 11.8. The molecule has 0 bridgehead atoms. The van der Waals surface area contributed by atoms with E-state index in [1.54, 1.807) is 6.07 Å². The van der Waals surface area contributed by atoms with E-state index in [0.29, 0.717) is 17.9 Å². The van der Waals surface area contributed by atoms with Gasteiger partial charge in [-0.3, -0.25) is 4.79 Å². The Morgan fingerprint density at radius 2 is 2.06 bits per heavy atom. The lowest BCUT2D eigenvalue weighted by atomic mass is 10.1. The van der Waals surface area contributed by atoms with Crippen molar-refractivity contribution in [1.82, 2.24) is 5.32 Å². The molecule has 2 rings (SSSR count). The number of halogens is 1. The summed E-state index contributed by atoms with van der Waals surface area (Å²) >= 11 is 5.88. The van der Waals surface area contributed by atoms with Crippen molar-refractivity contribution < 1.29 is 9.21 Å². The standard InChI is InChI=1S/C14H14ClNO2/c15-9-13(8-11-4-2-1-3-5-11)16-14(17)12-6-7-18-10-12/h1-7,10,13H,8-9H2,(H,16,17). The summed E-state index contributed by atoms with van der Waals surface area (Å²) in [5.41, 5.74) is 1.66. The van der Waals surface area contributed by atoms with Crippen LogP contribution in [0.15, 0.2) is 53.3 Å². The van der Waals surface area contributed by atoms with Crippen molar-refractivity contribution in [2.75, 3.05) is 5.88 Å². The topological polar surface area (TPSA) is 42.2 Å². The Labute approximate surface area is 111 Å². The minimum absolute atomic E-state index is 0.0866. The highest BCUT2D eigenvalue weighted by atomic mass is 35.5. The van der Waals surface area contributed by atoms with Crippen LogP contribution in [-0.2, 0) is 6.42 Å². The molecule has 1 heterocycles. The molecule has 0 aliphatic rings. The zero-order valence-corrected chi connectivity index (χ0v) is 10.6. The largest absolute Gasteiger partial charge is 0.472 e. The average molecular weight is 264 g/mol. The Balaban J connectivity index is 1.96. The summed E-state index contributed by atoms with van der Waals surface area (Å²) in [6.07, 6.45) is 3.61. The predicted molar refractivity (Wildman–Crippen MR) is 70.8 cm³/mol. The van der Waals surface area contributed by atoms with Gasteiger partial charge < -0.3 is 9.73 Å². The first kappa shape index (κ1) is 12.7. The highest BCUT2D eigenvalue weighted by Gasteiger charge is 2.14. The fraction of sp³-hybridized carbons (Fsp3) is 0.214. The van der Waals surface area contributed by atoms with Gasteiger partial charge in [0.15, 0.2) is 0 Å². The first-order valence-corrected chi connectivity index (χ1v) is 6.26. The molecule has 0 radical (unpaired) electrons. The van der Waals surface area contributed by atoms with Crippen molar-refractivity contribution in [1.29, 1.82) is 0 Å². The van der Waals surface area contributed by atoms with Crippen molar-refractivity contribution in [3.63, 3.8) is 0 Å². The van der Waals surface area contributed by atoms with Crippen molar-refractivity contribution >= 4 is 17.5 Å². The fourth-order valence-corrected chi connectivity index (χ4v) is 1.89. The fourth-order valence-electron chi connectivity index (χ4n) is 1.71. The molecule has 94 valence electrons. The van der Waals surface area contributed by atoms with Crippen LogP contribution in [0, 0.1) is 0 Å². The average Bonchev–Trinajstić information content (AvgIpc) is 2.93. The summed E-state index contributed by atoms with van der Waals surface area (Å²) in [5, 5.41) is 2.89. The summed E-state index contributed by atoms with van der Waals surface area (Å²) in [4.78, 5) is 11.8. The number of benzene rings is 1. The second-order valence-electron chi connectivity index (χ2n) is 4.03. The molecule has 1 atom stereocenters. The van der Waals surface area contributed by atoms with E-state index in [2.05, 4.69) is 5.32 Å². The number of alkyl halides is 1. The van der Waals surface area contributed by atoms with E-state index < -0.39 is 0 Å². The smallest absolute Gasteiger partial charge is 0.254 e. The van der Waals surface area contributed by atoms with Gasteiger partial charge in [-0.25, -0.2) is 0 Å². The minimum Gasteiger partial charge on any atom is -0.472 e. The number of carbonyl (C=O) groups excluding carboxylic acids is 1. The third kappa shape index (κ3) is 3.37. The molecule has 0 aliphatic carbocycles. The summed E-state index contributed by atoms with van der Waals surface area (Å²) in [6, 6.07) is 11.5. The number of furan rings is 1. The molecule has 1 N–H and O–H groups in total. The van der Waals surface area contributed by atoms with Crippen molar-refractivity contribution in [3.05, 3.63) is 60.1 Å². The number of hydrogen-bond donors (Lipinski definition) is 1. The third-order valence-electron chi connectivity index (χ3n) is 2.63. The molecular formula is C14H14ClNO2. The Kier molecular flexibility index (Phi) is 4.42. The zero-order valence-electron chi connectivity index (χ0n) is 9.80. The molecule has 0 saturated carbocycles. The van der Waals surface area contributed by atoms with Crippen molar-refractivity contribution in [2.24, 2.45) is 0 Å². The monoisotopic (exact) mass is 263 g/mol. The van der Waals surface area contributed by atoms with E-state index in [9.17, 15) is 4.79 Å². The van der Waals surface area contributed by atoms with Crippen LogP contribution in [-0.4, -0.2) is 17.8 Å². The normalized spacial score (nSPS) is 12.1. The Morgan fingerprint density at radius 3 is 2.67 bits per heavy atom. The molecule has 4 heteroatoms. The SMILES string of the molecule is O=C(NC(CCl)Cc1ccccc1)c1ccoc1. The minimum atomic E-state index is -0.162. The van der Waals surface area contributed by atoms with Gasteiger partial charge in [-0.1, -0.05) is 30.3 Å². The van der Waals surface area contributed by atoms with E-state index in [4.69, 9.17) is 16.0 Å². The molecule has 0 fully saturated rings. The number of rotatable bonds is 5. The second kappa shape index (κ2) is 6.26. The van der Waals surface area contributed by atoms with Gasteiger partial charge in [0, 0.05) is 11.9 Å². The van der Waals surface area contributed by atoms with Gasteiger partial charge in [0.05, 0.1) is 11.8 Å². The van der Waals surface area contributed by atoms with Crippen LogP contribution in [0.5, 0.6) is 0 Å². The molecule has 0 spiro atoms. The molecule has 2 aromatic rings. The molecule has 18 heavy (non-hydrogen) atoms. The van der Waals surface area contributed by atoms with Crippen LogP contribution in [0.4, 0.5) is 0 Å². The van der Waals surface area contributed by atoms with Gasteiger partial charge in [0.2, 0.25) is 0 Å². The zero-order chi connectivity index (χ0) is 12.8. The van der Waals surface area contributed by atoms with Crippen LogP contribution in [0.1, 0.15) is 15.9 Å². The summed E-state index contributed by atoms with van der Waals surface area (Å²) < 4.78 is 4.88. The molecular weight excluding hydrogens is 250 g/mol. The Bertz CT molecular complexity index is 482. The highest BCUT2D eigenvalue weighted by molar-refractivity contribution is 6.18. The quantitative estimate of drug-likeness (QED) is 0.843. The first-order chi connectivity index (χ1) is 8.79. The van der Waals surface area contributed by atoms with Gasteiger partial charge in [-0.2, -0.15) is 0 Å². The van der Waals surface area contributed by atoms with Gasteiger partial charge in [-0.05, 0) is 18.1 Å². The van der Waals surface area contributed by atoms with E-state index >= 15 is 0 Å². The molecule has 3 nitrogen and oxygen atoms in total. The van der Waals surface area contributed by atoms with Gasteiger partial charge >= 0.3 is 0 Å². The molecule has 0 aliphatic heterocycles. The lowest BCUT2D eigenvalue weighted by Crippen LogP contribution is -2.37. The van der Waals surface area contributed by atoms with Crippen molar-refractivity contribution in [3.8, 4) is 0 Å². The number of nitrogens with one attached hydrogen (secondary N) is 1. The van der Waals surface area contributed by atoms with Crippen LogP contribution >= 0.6 is 11.6 Å². The van der Waals surface area contributed by atoms with E-state index in [-0.39, 0.29) is 11.9 Å². The van der Waals surface area contributed by atoms with Crippen LogP contribution in [0.2, 0.25) is 0 Å². The first-order valence-electron chi connectivity index (χ1n) is 5.72. The molecule has 1 aromatic carbocycles. The third-order valence-corrected chi connectivity index (χ3v) is 3.00. The van der Waals surface area contributed by atoms with E-state index in [1.807, 2.05) is 30.3 Å². The van der Waals surface area contributed by atoms with Crippen LogP contribution in [0.25, 0.3) is 0 Å². The molecule has 1 aromatic heterocycles. The lowest BCUT2D eigenvalue weighted by Gasteiger charge is -2.15. The summed E-state index contributed by atoms with van der Waals surface area (Å²) in [6.45, 7) is 0. The molecule has 1 unspecified atom stereocenters. The molecule has 1 amide bonds. The van der Waals surface area contributed by atoms with Crippen molar-refractivity contribution in [2.45, 2.75) is 12.5 Å². The number of carbonyl (C=O) groups is 1. The van der Waals surface area contributed by atoms with Gasteiger partial charge in [0.1, 0.15) is 6.26 Å². The second-order valence-corrected chi connectivity index (χ2v) is 4.34.